The molecule has 0 saturated carbocycles. The fourth-order valence-electron chi connectivity index (χ4n) is 1.58. The lowest BCUT2D eigenvalue weighted by Crippen LogP contribution is -2.13. The van der Waals surface area contributed by atoms with E-state index in [1.54, 1.807) is 13.0 Å². The van der Waals surface area contributed by atoms with Gasteiger partial charge in [-0.2, -0.15) is 5.26 Å². The predicted molar refractivity (Wildman–Crippen MR) is 63.8 cm³/mol. The van der Waals surface area contributed by atoms with Gasteiger partial charge in [0.2, 0.25) is 0 Å². The smallest absolute Gasteiger partial charge is 0.310 e. The number of nitriles is 1. The largest absolute Gasteiger partial charge is 0.466 e. The summed E-state index contributed by atoms with van der Waals surface area (Å²) in [5, 5.41) is 9.05. The molecule has 1 aromatic heterocycles. The van der Waals surface area contributed by atoms with Crippen LogP contribution in [0.4, 0.5) is 8.78 Å². The number of esters is 1. The molecule has 0 bridgehead atoms. The van der Waals surface area contributed by atoms with E-state index in [4.69, 9.17) is 21.6 Å². The Kier molecular flexibility index (Phi) is 5.64. The summed E-state index contributed by atoms with van der Waals surface area (Å²) in [6.45, 7) is 1.73. The van der Waals surface area contributed by atoms with Gasteiger partial charge < -0.3 is 4.74 Å². The molecule has 0 spiro atoms. The summed E-state index contributed by atoms with van der Waals surface area (Å²) in [4.78, 5) is 15.0. The van der Waals surface area contributed by atoms with Gasteiger partial charge in [-0.3, -0.25) is 9.78 Å². The average molecular weight is 289 g/mol. The van der Waals surface area contributed by atoms with Crippen LogP contribution in [-0.2, 0) is 21.8 Å². The van der Waals surface area contributed by atoms with Crippen LogP contribution < -0.4 is 0 Å². The lowest BCUT2D eigenvalue weighted by molar-refractivity contribution is -0.142. The monoisotopic (exact) mass is 288 g/mol. The average Bonchev–Trinajstić information content (AvgIpc) is 2.37. The van der Waals surface area contributed by atoms with Crippen molar-refractivity contribution in [3.63, 3.8) is 0 Å². The maximum absolute atomic E-state index is 12.9. The van der Waals surface area contributed by atoms with Gasteiger partial charge in [-0.25, -0.2) is 8.78 Å². The third-order valence-electron chi connectivity index (χ3n) is 2.38. The number of halogens is 3. The fraction of sp³-hybridized carbons (Fsp3) is 0.417. The first-order valence-electron chi connectivity index (χ1n) is 5.45. The number of ether oxygens (including phenoxy) is 1. The van der Waals surface area contributed by atoms with E-state index in [0.29, 0.717) is 5.56 Å². The van der Waals surface area contributed by atoms with Gasteiger partial charge in [-0.1, -0.05) is 0 Å². The summed E-state index contributed by atoms with van der Waals surface area (Å²) in [6, 6.07) is 1.79. The van der Waals surface area contributed by atoms with Gasteiger partial charge in [0.1, 0.15) is 5.69 Å². The number of carbonyl (C=O) groups excluding carboxylic acids is 1. The first kappa shape index (κ1) is 15.3. The number of nitrogens with zero attached hydrogens (tertiary/aromatic N) is 2. The van der Waals surface area contributed by atoms with Gasteiger partial charge in [0.25, 0.3) is 6.43 Å². The van der Waals surface area contributed by atoms with Crippen LogP contribution in [0.2, 0.25) is 0 Å². The Labute approximate surface area is 114 Å². The van der Waals surface area contributed by atoms with Crippen molar-refractivity contribution in [1.82, 2.24) is 4.98 Å². The highest BCUT2D eigenvalue weighted by Gasteiger charge is 2.23. The van der Waals surface area contributed by atoms with Crippen molar-refractivity contribution in [3.05, 3.63) is 28.6 Å². The molecule has 4 nitrogen and oxygen atoms in total. The second kappa shape index (κ2) is 7.00. The van der Waals surface area contributed by atoms with Crippen molar-refractivity contribution in [2.45, 2.75) is 25.7 Å². The van der Waals surface area contributed by atoms with E-state index in [1.807, 2.05) is 0 Å². The van der Waals surface area contributed by atoms with Gasteiger partial charge in [0.15, 0.2) is 0 Å². The molecule has 0 aliphatic carbocycles. The maximum atomic E-state index is 12.9. The molecule has 0 radical (unpaired) electrons. The predicted octanol–water partition coefficient (Wildman–Crippen LogP) is 2.74. The molecule has 1 heterocycles. The zero-order valence-electron chi connectivity index (χ0n) is 10.1. The lowest BCUT2D eigenvalue weighted by atomic mass is 10.00. The van der Waals surface area contributed by atoms with E-state index >= 15 is 0 Å². The summed E-state index contributed by atoms with van der Waals surface area (Å²) < 4.78 is 30.4. The molecule has 0 unspecified atom stereocenters. The summed E-state index contributed by atoms with van der Waals surface area (Å²) >= 11 is 5.62. The van der Waals surface area contributed by atoms with Crippen molar-refractivity contribution in [1.29, 1.82) is 5.26 Å². The van der Waals surface area contributed by atoms with Crippen molar-refractivity contribution in [2.75, 3.05) is 6.61 Å². The number of rotatable bonds is 5. The lowest BCUT2D eigenvalue weighted by Gasteiger charge is -2.11. The number of carbonyl (C=O) groups is 1. The summed E-state index contributed by atoms with van der Waals surface area (Å²) in [5.74, 6) is -0.732. The Morgan fingerprint density at radius 2 is 2.32 bits per heavy atom. The van der Waals surface area contributed by atoms with Gasteiger partial charge in [-0.05, 0) is 6.92 Å². The Morgan fingerprint density at radius 3 is 2.79 bits per heavy atom. The molecule has 102 valence electrons. The minimum absolute atomic E-state index is 0.0339. The van der Waals surface area contributed by atoms with E-state index < -0.39 is 24.5 Å². The van der Waals surface area contributed by atoms with Crippen LogP contribution in [0, 0.1) is 11.3 Å². The Morgan fingerprint density at radius 1 is 1.63 bits per heavy atom. The highest BCUT2D eigenvalue weighted by molar-refractivity contribution is 6.17. The number of pyridine rings is 1. The molecular weight excluding hydrogens is 278 g/mol. The third-order valence-corrected chi connectivity index (χ3v) is 2.67. The second-order valence-electron chi connectivity index (χ2n) is 3.55. The van der Waals surface area contributed by atoms with Crippen LogP contribution in [0.3, 0.4) is 0 Å². The minimum atomic E-state index is -2.87. The van der Waals surface area contributed by atoms with Crippen LogP contribution in [0.25, 0.3) is 0 Å². The topological polar surface area (TPSA) is 63.0 Å². The molecule has 7 heteroatoms. The summed E-state index contributed by atoms with van der Waals surface area (Å²) in [7, 11) is 0. The van der Waals surface area contributed by atoms with Gasteiger partial charge >= 0.3 is 5.97 Å². The van der Waals surface area contributed by atoms with Crippen molar-refractivity contribution in [3.8, 4) is 6.07 Å². The van der Waals surface area contributed by atoms with Crippen LogP contribution in [-0.4, -0.2) is 17.6 Å². The van der Waals surface area contributed by atoms with Gasteiger partial charge in [-0.15, -0.1) is 11.6 Å². The molecule has 0 saturated heterocycles. The highest BCUT2D eigenvalue weighted by atomic mass is 35.5. The normalized spacial score (nSPS) is 10.3. The van der Waals surface area contributed by atoms with E-state index in [1.165, 1.54) is 0 Å². The van der Waals surface area contributed by atoms with Crippen molar-refractivity contribution < 1.29 is 18.3 Å². The van der Waals surface area contributed by atoms with Crippen LogP contribution >= 0.6 is 11.6 Å². The number of aromatic nitrogens is 1. The zero-order valence-corrected chi connectivity index (χ0v) is 10.9. The maximum Gasteiger partial charge on any atom is 0.310 e. The van der Waals surface area contributed by atoms with Crippen molar-refractivity contribution in [2.24, 2.45) is 0 Å². The van der Waals surface area contributed by atoms with E-state index in [-0.39, 0.29) is 23.6 Å². The SMILES string of the molecule is CCOC(=O)Cc1c(C(F)F)ncc(CCl)c1C#N. The van der Waals surface area contributed by atoms with Crippen LogP contribution in [0.1, 0.15) is 35.7 Å². The first-order chi connectivity index (χ1) is 9.04. The van der Waals surface area contributed by atoms with E-state index in [0.717, 1.165) is 6.20 Å². The highest BCUT2D eigenvalue weighted by Crippen LogP contribution is 2.26. The van der Waals surface area contributed by atoms with E-state index in [9.17, 15) is 13.6 Å². The molecule has 19 heavy (non-hydrogen) atoms. The summed E-state index contributed by atoms with van der Waals surface area (Å²) in [6.07, 6.45) is -2.17. The van der Waals surface area contributed by atoms with Gasteiger partial charge in [0.05, 0.1) is 30.5 Å². The fourth-order valence-corrected chi connectivity index (χ4v) is 1.78. The quantitative estimate of drug-likeness (QED) is 0.617. The molecule has 0 aliphatic heterocycles. The Hall–Kier alpha value is -1.74. The van der Waals surface area contributed by atoms with Gasteiger partial charge in [0, 0.05) is 17.3 Å². The zero-order chi connectivity index (χ0) is 14.4. The molecular formula is C12H11ClF2N2O2. The Balaban J connectivity index is 3.30. The molecule has 1 aromatic rings. The Bertz CT molecular complexity index is 515. The van der Waals surface area contributed by atoms with Crippen LogP contribution in [0.5, 0.6) is 0 Å². The van der Waals surface area contributed by atoms with Crippen LogP contribution in [0.15, 0.2) is 6.20 Å². The molecule has 0 N–H and O–H groups in total. The van der Waals surface area contributed by atoms with E-state index in [2.05, 4.69) is 4.98 Å². The standard InChI is InChI=1S/C12H11ClF2N2O2/c1-2-19-10(18)3-8-9(5-16)7(4-13)6-17-11(8)12(14)15/h6,12H,2-4H2,1H3. The number of hydrogen-bond acceptors (Lipinski definition) is 4. The third kappa shape index (κ3) is 3.61. The molecule has 1 rings (SSSR count). The second-order valence-corrected chi connectivity index (χ2v) is 3.82. The van der Waals surface area contributed by atoms with Crippen molar-refractivity contribution >= 4 is 17.6 Å². The summed E-state index contributed by atoms with van der Waals surface area (Å²) in [5.41, 5.74) is -0.422. The minimum Gasteiger partial charge on any atom is -0.466 e. The number of hydrogen-bond donors (Lipinski definition) is 0. The molecule has 0 aliphatic rings. The molecule has 0 aromatic carbocycles. The molecule has 0 atom stereocenters. The number of alkyl halides is 3. The molecule has 0 amide bonds. The first-order valence-corrected chi connectivity index (χ1v) is 5.99. The molecule has 0 fully saturated rings.